The summed E-state index contributed by atoms with van der Waals surface area (Å²) < 4.78 is 6.02. The van der Waals surface area contributed by atoms with Gasteiger partial charge in [0.1, 0.15) is 0 Å². The third-order valence-electron chi connectivity index (χ3n) is 5.40. The summed E-state index contributed by atoms with van der Waals surface area (Å²) in [6.45, 7) is 6.64. The number of aryl methyl sites for hydroxylation is 2. The molecule has 0 radical (unpaired) electrons. The Morgan fingerprint density at radius 3 is 2.87 bits per heavy atom. The molecule has 0 unspecified atom stereocenters. The van der Waals surface area contributed by atoms with Gasteiger partial charge in [0.2, 0.25) is 0 Å². The Kier molecular flexibility index (Phi) is 3.85. The Morgan fingerprint density at radius 1 is 1.30 bits per heavy atom. The van der Waals surface area contributed by atoms with E-state index in [9.17, 15) is 4.79 Å². The van der Waals surface area contributed by atoms with E-state index in [0.29, 0.717) is 17.7 Å². The average Bonchev–Trinajstić information content (AvgIpc) is 3.27. The minimum absolute atomic E-state index is 0.000455. The molecule has 3 aliphatic rings. The van der Waals surface area contributed by atoms with Crippen molar-refractivity contribution in [2.75, 3.05) is 19.7 Å². The quantitative estimate of drug-likeness (QED) is 0.922. The number of morpholine rings is 1. The van der Waals surface area contributed by atoms with Gasteiger partial charge in [-0.25, -0.2) is 0 Å². The molecule has 0 spiro atoms. The fourth-order valence-electron chi connectivity index (χ4n) is 3.95. The highest BCUT2D eigenvalue weighted by Crippen LogP contribution is 2.37. The first kappa shape index (κ1) is 15.1. The Labute approximate surface area is 137 Å². The normalized spacial score (nSPS) is 31.0. The number of carbonyl (C=O) groups excluding carboxylic acids is 1. The van der Waals surface area contributed by atoms with Crippen molar-refractivity contribution in [3.05, 3.63) is 29.1 Å². The van der Waals surface area contributed by atoms with Crippen LogP contribution in [0.15, 0.2) is 12.1 Å². The van der Waals surface area contributed by atoms with Crippen LogP contribution in [-0.2, 0) is 4.74 Å². The molecule has 0 aromatic carbocycles. The fraction of sp³-hybridized carbons (Fsp3) is 0.667. The summed E-state index contributed by atoms with van der Waals surface area (Å²) in [6, 6.07) is 4.46. The van der Waals surface area contributed by atoms with Crippen molar-refractivity contribution < 1.29 is 9.53 Å². The van der Waals surface area contributed by atoms with E-state index in [-0.39, 0.29) is 11.9 Å². The smallest absolute Gasteiger partial charge is 0.253 e. The van der Waals surface area contributed by atoms with Crippen molar-refractivity contribution in [2.45, 2.75) is 51.3 Å². The van der Waals surface area contributed by atoms with Crippen LogP contribution in [0.1, 0.15) is 41.0 Å². The van der Waals surface area contributed by atoms with Crippen LogP contribution >= 0.6 is 0 Å². The molecule has 3 atom stereocenters. The van der Waals surface area contributed by atoms with Crippen LogP contribution in [-0.4, -0.2) is 53.7 Å². The molecule has 23 heavy (non-hydrogen) atoms. The van der Waals surface area contributed by atoms with Gasteiger partial charge in [-0.15, -0.1) is 0 Å². The minimum Gasteiger partial charge on any atom is -0.375 e. The molecule has 1 aromatic rings. The predicted molar refractivity (Wildman–Crippen MR) is 87.4 cm³/mol. The predicted octanol–water partition coefficient (Wildman–Crippen LogP) is 1.68. The molecule has 1 aliphatic carbocycles. The highest BCUT2D eigenvalue weighted by molar-refractivity contribution is 5.95. The van der Waals surface area contributed by atoms with E-state index in [1.807, 2.05) is 26.0 Å². The maximum atomic E-state index is 12.5. The van der Waals surface area contributed by atoms with Crippen molar-refractivity contribution >= 4 is 5.91 Å². The standard InChI is InChI=1S/C18H25N3O2/c1-11-3-6-16(12(2)19-11)18(22)20-14-7-15-10-23-17(13-4-5-13)9-21(15)8-14/h3,6,13-15,17H,4-5,7-10H2,1-2H3,(H,20,22)/t14-,15-,17-/m0/s1. The number of ether oxygens (including phenoxy) is 1. The summed E-state index contributed by atoms with van der Waals surface area (Å²) in [6.07, 6.45) is 4.05. The van der Waals surface area contributed by atoms with Gasteiger partial charge in [0.25, 0.3) is 5.91 Å². The number of hydrogen-bond acceptors (Lipinski definition) is 4. The summed E-state index contributed by atoms with van der Waals surface area (Å²) in [5.41, 5.74) is 2.43. The second-order valence-electron chi connectivity index (χ2n) is 7.31. The molecule has 124 valence electrons. The molecule has 1 amide bonds. The van der Waals surface area contributed by atoms with Gasteiger partial charge in [-0.1, -0.05) is 0 Å². The Hall–Kier alpha value is -1.46. The Morgan fingerprint density at radius 2 is 2.13 bits per heavy atom. The Balaban J connectivity index is 1.37. The molecule has 5 nitrogen and oxygen atoms in total. The number of aromatic nitrogens is 1. The van der Waals surface area contributed by atoms with Crippen molar-refractivity contribution in [3.8, 4) is 0 Å². The van der Waals surface area contributed by atoms with E-state index < -0.39 is 0 Å². The van der Waals surface area contributed by atoms with E-state index in [1.165, 1.54) is 12.8 Å². The lowest BCUT2D eigenvalue weighted by Crippen LogP contribution is -2.47. The van der Waals surface area contributed by atoms with Gasteiger partial charge in [-0.3, -0.25) is 14.7 Å². The van der Waals surface area contributed by atoms with E-state index >= 15 is 0 Å². The summed E-state index contributed by atoms with van der Waals surface area (Å²) in [7, 11) is 0. The zero-order valence-electron chi connectivity index (χ0n) is 13.9. The maximum absolute atomic E-state index is 12.5. The molecule has 3 fully saturated rings. The zero-order valence-corrected chi connectivity index (χ0v) is 13.9. The van der Waals surface area contributed by atoms with Gasteiger partial charge < -0.3 is 10.1 Å². The Bertz CT molecular complexity index is 614. The highest BCUT2D eigenvalue weighted by Gasteiger charge is 2.42. The molecule has 5 heteroatoms. The largest absolute Gasteiger partial charge is 0.375 e. The molecule has 2 saturated heterocycles. The van der Waals surface area contributed by atoms with Crippen LogP contribution in [0, 0.1) is 19.8 Å². The molecule has 1 N–H and O–H groups in total. The first-order valence-corrected chi connectivity index (χ1v) is 8.71. The second kappa shape index (κ2) is 5.87. The number of hydrogen-bond donors (Lipinski definition) is 1. The molecular formula is C18H25N3O2. The van der Waals surface area contributed by atoms with Gasteiger partial charge in [-0.2, -0.15) is 0 Å². The summed E-state index contributed by atoms with van der Waals surface area (Å²) in [5, 5.41) is 3.20. The number of nitrogens with zero attached hydrogens (tertiary/aromatic N) is 2. The van der Waals surface area contributed by atoms with Crippen LogP contribution in [0.5, 0.6) is 0 Å². The van der Waals surface area contributed by atoms with Crippen LogP contribution < -0.4 is 5.32 Å². The van der Waals surface area contributed by atoms with Gasteiger partial charge in [-0.05, 0) is 51.2 Å². The maximum Gasteiger partial charge on any atom is 0.253 e. The van der Waals surface area contributed by atoms with E-state index in [2.05, 4.69) is 15.2 Å². The number of pyridine rings is 1. The molecule has 3 heterocycles. The third kappa shape index (κ3) is 3.12. The first-order chi connectivity index (χ1) is 11.1. The van der Waals surface area contributed by atoms with Crippen molar-refractivity contribution in [2.24, 2.45) is 5.92 Å². The lowest BCUT2D eigenvalue weighted by atomic mass is 10.1. The first-order valence-electron chi connectivity index (χ1n) is 8.71. The van der Waals surface area contributed by atoms with Crippen LogP contribution in [0.4, 0.5) is 0 Å². The fourth-order valence-corrected chi connectivity index (χ4v) is 3.95. The lowest BCUT2D eigenvalue weighted by Gasteiger charge is -2.35. The summed E-state index contributed by atoms with van der Waals surface area (Å²) in [4.78, 5) is 19.4. The van der Waals surface area contributed by atoms with Crippen molar-refractivity contribution in [3.63, 3.8) is 0 Å². The van der Waals surface area contributed by atoms with Crippen molar-refractivity contribution in [1.82, 2.24) is 15.2 Å². The van der Waals surface area contributed by atoms with Gasteiger partial charge >= 0.3 is 0 Å². The van der Waals surface area contributed by atoms with Crippen molar-refractivity contribution in [1.29, 1.82) is 0 Å². The SMILES string of the molecule is Cc1ccc(C(=O)N[C@H]2C[C@H]3CO[C@H](C4CC4)CN3C2)c(C)n1. The number of rotatable bonds is 3. The zero-order chi connectivity index (χ0) is 16.0. The molecule has 0 bridgehead atoms. The summed E-state index contributed by atoms with van der Waals surface area (Å²) >= 11 is 0. The number of fused-ring (bicyclic) bond motifs is 1. The monoisotopic (exact) mass is 315 g/mol. The van der Waals surface area contributed by atoms with Gasteiger partial charge in [0, 0.05) is 30.9 Å². The van der Waals surface area contributed by atoms with Crippen LogP contribution in [0.25, 0.3) is 0 Å². The third-order valence-corrected chi connectivity index (χ3v) is 5.40. The lowest BCUT2D eigenvalue weighted by molar-refractivity contribution is -0.0581. The molecule has 4 rings (SSSR count). The molecule has 1 aromatic heterocycles. The highest BCUT2D eigenvalue weighted by atomic mass is 16.5. The number of nitrogens with one attached hydrogen (secondary N) is 1. The van der Waals surface area contributed by atoms with Gasteiger partial charge in [0.05, 0.1) is 24.0 Å². The van der Waals surface area contributed by atoms with Gasteiger partial charge in [0.15, 0.2) is 0 Å². The van der Waals surface area contributed by atoms with E-state index in [4.69, 9.17) is 4.74 Å². The van der Waals surface area contributed by atoms with Crippen LogP contribution in [0.2, 0.25) is 0 Å². The number of amides is 1. The summed E-state index contributed by atoms with van der Waals surface area (Å²) in [5.74, 6) is 0.783. The number of carbonyl (C=O) groups is 1. The van der Waals surface area contributed by atoms with Crippen LogP contribution in [0.3, 0.4) is 0 Å². The topological polar surface area (TPSA) is 54.5 Å². The molecule has 2 aliphatic heterocycles. The minimum atomic E-state index is -0.000455. The second-order valence-corrected chi connectivity index (χ2v) is 7.31. The average molecular weight is 315 g/mol. The molecular weight excluding hydrogens is 290 g/mol. The molecule has 1 saturated carbocycles. The van der Waals surface area contributed by atoms with E-state index in [0.717, 1.165) is 43.4 Å². The van der Waals surface area contributed by atoms with E-state index in [1.54, 1.807) is 0 Å².